The summed E-state index contributed by atoms with van der Waals surface area (Å²) in [6, 6.07) is 22.7. The minimum absolute atomic E-state index is 0.0509. The van der Waals surface area contributed by atoms with Crippen molar-refractivity contribution in [3.63, 3.8) is 0 Å². The summed E-state index contributed by atoms with van der Waals surface area (Å²) in [6.45, 7) is 7.77. The van der Waals surface area contributed by atoms with Gasteiger partial charge in [0.1, 0.15) is 5.75 Å². The van der Waals surface area contributed by atoms with Gasteiger partial charge in [0, 0.05) is 11.7 Å². The van der Waals surface area contributed by atoms with Crippen molar-refractivity contribution >= 4 is 17.6 Å². The third kappa shape index (κ3) is 7.00. The molecule has 1 aliphatic rings. The van der Waals surface area contributed by atoms with Gasteiger partial charge in [-0.2, -0.15) is 0 Å². The van der Waals surface area contributed by atoms with Crippen molar-refractivity contribution in [2.24, 2.45) is 5.41 Å². The molecule has 0 fully saturated rings. The first-order valence-electron chi connectivity index (χ1n) is 13.1. The molecule has 2 unspecified atom stereocenters. The zero-order chi connectivity index (χ0) is 26.6. The van der Waals surface area contributed by atoms with E-state index in [4.69, 9.17) is 9.84 Å². The number of aryl methyl sites for hydroxylation is 1. The second-order valence-electron chi connectivity index (χ2n) is 11.2. The van der Waals surface area contributed by atoms with Gasteiger partial charge in [0.15, 0.2) is 0 Å². The van der Waals surface area contributed by atoms with Crippen molar-refractivity contribution in [2.75, 3.05) is 5.32 Å². The molecule has 4 rings (SSSR count). The van der Waals surface area contributed by atoms with Gasteiger partial charge in [-0.3, -0.25) is 9.59 Å². The number of carboxylic acid groups (broad SMARTS) is 1. The number of carbonyl (C=O) groups excluding carboxylic acids is 1. The summed E-state index contributed by atoms with van der Waals surface area (Å²) in [5.41, 5.74) is 6.55. The summed E-state index contributed by atoms with van der Waals surface area (Å²) in [7, 11) is 0. The predicted molar refractivity (Wildman–Crippen MR) is 147 cm³/mol. The highest BCUT2D eigenvalue weighted by atomic mass is 16.5. The number of nitrogens with one attached hydrogen (secondary N) is 1. The largest absolute Gasteiger partial charge is 0.481 e. The van der Waals surface area contributed by atoms with Gasteiger partial charge in [0.25, 0.3) is 0 Å². The fourth-order valence-electron chi connectivity index (χ4n) is 4.94. The van der Waals surface area contributed by atoms with Gasteiger partial charge in [0.2, 0.25) is 0 Å². The molecule has 0 aromatic heterocycles. The molecule has 0 bridgehead atoms. The molecule has 2 atom stereocenters. The van der Waals surface area contributed by atoms with Crippen molar-refractivity contribution in [2.45, 2.75) is 71.8 Å². The van der Waals surface area contributed by atoms with Gasteiger partial charge in [-0.25, -0.2) is 0 Å². The van der Waals surface area contributed by atoms with E-state index in [1.54, 1.807) is 0 Å². The molecule has 0 aliphatic heterocycles. The highest BCUT2D eigenvalue weighted by molar-refractivity contribution is 5.78. The van der Waals surface area contributed by atoms with Gasteiger partial charge >= 0.3 is 11.9 Å². The minimum atomic E-state index is -0.811. The first-order chi connectivity index (χ1) is 17.6. The number of ether oxygens (including phenoxy) is 1. The third-order valence-electron chi connectivity index (χ3n) is 6.95. The highest BCUT2D eigenvalue weighted by Crippen LogP contribution is 2.37. The van der Waals surface area contributed by atoms with Crippen molar-refractivity contribution in [3.05, 3.63) is 94.5 Å². The summed E-state index contributed by atoms with van der Waals surface area (Å²) < 4.78 is 5.62. The summed E-state index contributed by atoms with van der Waals surface area (Å²) in [5, 5.41) is 12.7. The Morgan fingerprint density at radius 2 is 1.70 bits per heavy atom. The molecule has 0 saturated carbocycles. The monoisotopic (exact) mass is 499 g/mol. The molecule has 3 aromatic carbocycles. The van der Waals surface area contributed by atoms with Crippen LogP contribution in [0.4, 0.5) is 5.69 Å². The Bertz CT molecular complexity index is 1260. The molecule has 0 heterocycles. The number of fused-ring (bicyclic) bond motifs is 1. The topological polar surface area (TPSA) is 75.6 Å². The van der Waals surface area contributed by atoms with Crippen LogP contribution < -0.4 is 10.1 Å². The highest BCUT2D eigenvalue weighted by Gasteiger charge is 2.26. The molecular formula is C32H37NO4. The zero-order valence-electron chi connectivity index (χ0n) is 22.2. The van der Waals surface area contributed by atoms with Gasteiger partial charge < -0.3 is 15.2 Å². The smallest absolute Gasteiger partial charge is 0.316 e. The van der Waals surface area contributed by atoms with E-state index in [1.807, 2.05) is 57.2 Å². The van der Waals surface area contributed by atoms with E-state index in [1.165, 1.54) is 27.9 Å². The van der Waals surface area contributed by atoms with Crippen LogP contribution in [-0.2, 0) is 35.3 Å². The Hall–Kier alpha value is -3.60. The molecule has 37 heavy (non-hydrogen) atoms. The lowest BCUT2D eigenvalue weighted by Gasteiger charge is -2.28. The Morgan fingerprint density at radius 1 is 1.00 bits per heavy atom. The van der Waals surface area contributed by atoms with Gasteiger partial charge in [0.05, 0.1) is 11.8 Å². The van der Waals surface area contributed by atoms with Crippen molar-refractivity contribution in [1.82, 2.24) is 0 Å². The summed E-state index contributed by atoms with van der Waals surface area (Å²) in [4.78, 5) is 23.2. The molecule has 0 saturated heterocycles. The van der Waals surface area contributed by atoms with E-state index in [9.17, 15) is 9.59 Å². The number of rotatable bonds is 8. The van der Waals surface area contributed by atoms with Crippen molar-refractivity contribution in [3.8, 4) is 5.75 Å². The average Bonchev–Trinajstić information content (AvgIpc) is 2.84. The van der Waals surface area contributed by atoms with Crippen LogP contribution in [0.15, 0.2) is 66.7 Å². The first-order valence-corrected chi connectivity index (χ1v) is 13.1. The lowest BCUT2D eigenvalue weighted by Crippen LogP contribution is -2.25. The quantitative estimate of drug-likeness (QED) is 0.270. The number of carbonyl (C=O) groups is 2. The van der Waals surface area contributed by atoms with Crippen LogP contribution in [0.5, 0.6) is 5.75 Å². The second kappa shape index (κ2) is 11.2. The molecule has 1 aliphatic carbocycles. The Labute approximate surface area is 219 Å². The minimum Gasteiger partial charge on any atom is -0.481 e. The van der Waals surface area contributed by atoms with E-state index < -0.39 is 11.4 Å². The molecule has 194 valence electrons. The number of anilines is 1. The van der Waals surface area contributed by atoms with Gasteiger partial charge in [-0.05, 0) is 105 Å². The third-order valence-corrected chi connectivity index (χ3v) is 6.95. The standard InChI is InChI=1S/C32H37NO4/c1-21(17-22-9-11-23(12-10-22)18-30(34)35)33-29-8-6-5-7-28(29)26-14-13-25-20-27(16-15-24(25)19-26)37-31(36)32(2,3)4/h5-12,15-16,20-21,26,33H,13-14,17-19H2,1-4H3,(H,34,35). The predicted octanol–water partition coefficient (Wildman–Crippen LogP) is 6.58. The zero-order valence-corrected chi connectivity index (χ0v) is 22.2. The van der Waals surface area contributed by atoms with E-state index in [2.05, 4.69) is 42.6 Å². The van der Waals surface area contributed by atoms with E-state index in [0.717, 1.165) is 31.2 Å². The molecule has 5 nitrogen and oxygen atoms in total. The van der Waals surface area contributed by atoms with Crippen LogP contribution >= 0.6 is 0 Å². The fraction of sp³-hybridized carbons (Fsp3) is 0.375. The molecule has 5 heteroatoms. The van der Waals surface area contributed by atoms with Crippen molar-refractivity contribution < 1.29 is 19.4 Å². The summed E-state index contributed by atoms with van der Waals surface area (Å²) in [5.74, 6) is 0.0197. The maximum absolute atomic E-state index is 12.3. The number of esters is 1. The van der Waals surface area contributed by atoms with E-state index >= 15 is 0 Å². The first kappa shape index (κ1) is 26.5. The normalized spacial score (nSPS) is 15.9. The van der Waals surface area contributed by atoms with Crippen LogP contribution in [0.1, 0.15) is 67.9 Å². The summed E-state index contributed by atoms with van der Waals surface area (Å²) >= 11 is 0. The molecular weight excluding hydrogens is 462 g/mol. The SMILES string of the molecule is CC(Cc1ccc(CC(=O)O)cc1)Nc1ccccc1C1CCc2cc(OC(=O)C(C)(C)C)ccc2C1. The molecule has 0 spiro atoms. The fourth-order valence-corrected chi connectivity index (χ4v) is 4.94. The van der Waals surface area contributed by atoms with Crippen molar-refractivity contribution in [1.29, 1.82) is 0 Å². The Morgan fingerprint density at radius 3 is 2.41 bits per heavy atom. The molecule has 0 radical (unpaired) electrons. The number of hydrogen-bond acceptors (Lipinski definition) is 4. The van der Waals surface area contributed by atoms with Crippen LogP contribution in [0.3, 0.4) is 0 Å². The summed E-state index contributed by atoms with van der Waals surface area (Å²) in [6.07, 6.45) is 3.86. The van der Waals surface area contributed by atoms with E-state index in [0.29, 0.717) is 11.7 Å². The Balaban J connectivity index is 1.42. The number of aliphatic carboxylic acids is 1. The molecule has 0 amide bonds. The number of hydrogen-bond donors (Lipinski definition) is 2. The second-order valence-corrected chi connectivity index (χ2v) is 11.2. The molecule has 2 N–H and O–H groups in total. The molecule has 3 aromatic rings. The van der Waals surface area contributed by atoms with Crippen LogP contribution in [0.2, 0.25) is 0 Å². The average molecular weight is 500 g/mol. The van der Waals surface area contributed by atoms with Gasteiger partial charge in [-0.1, -0.05) is 48.5 Å². The number of carboxylic acids is 1. The maximum Gasteiger partial charge on any atom is 0.316 e. The van der Waals surface area contributed by atoms with Gasteiger partial charge in [-0.15, -0.1) is 0 Å². The van der Waals surface area contributed by atoms with Crippen LogP contribution in [0, 0.1) is 5.41 Å². The maximum atomic E-state index is 12.3. The Kier molecular flexibility index (Phi) is 8.01. The van der Waals surface area contributed by atoms with Crippen LogP contribution in [-0.4, -0.2) is 23.1 Å². The number of para-hydroxylation sites is 1. The van der Waals surface area contributed by atoms with E-state index in [-0.39, 0.29) is 18.4 Å². The lowest BCUT2D eigenvalue weighted by molar-refractivity contribution is -0.143. The lowest BCUT2D eigenvalue weighted by atomic mass is 9.79. The number of benzene rings is 3. The van der Waals surface area contributed by atoms with Crippen LogP contribution in [0.25, 0.3) is 0 Å².